The summed E-state index contributed by atoms with van der Waals surface area (Å²) in [5.74, 6) is 0.794. The van der Waals surface area contributed by atoms with Gasteiger partial charge in [-0.05, 0) is 50.2 Å². The van der Waals surface area contributed by atoms with Crippen LogP contribution in [0.4, 0.5) is 0 Å². The van der Waals surface area contributed by atoms with E-state index in [4.69, 9.17) is 10.5 Å². The largest absolute Gasteiger partial charge is 0.361 e. The van der Waals surface area contributed by atoms with E-state index in [9.17, 15) is 0 Å². The maximum atomic E-state index is 5.80. The molecule has 1 aliphatic rings. The van der Waals surface area contributed by atoms with Gasteiger partial charge in [-0.1, -0.05) is 43.5 Å². The first-order chi connectivity index (χ1) is 9.04. The third kappa shape index (κ3) is 4.96. The van der Waals surface area contributed by atoms with Gasteiger partial charge in [0.15, 0.2) is 0 Å². The zero-order valence-corrected chi connectivity index (χ0v) is 12.3. The minimum atomic E-state index is -0.526. The van der Waals surface area contributed by atoms with Crippen molar-refractivity contribution in [1.82, 2.24) is 0 Å². The molecule has 106 valence electrons. The summed E-state index contributed by atoms with van der Waals surface area (Å²) < 4.78 is 5.56. The Hall–Kier alpha value is -0.860. The van der Waals surface area contributed by atoms with Crippen LogP contribution in [-0.2, 0) is 11.2 Å². The second-order valence-corrected chi connectivity index (χ2v) is 6.28. The monoisotopic (exact) mass is 261 g/mol. The molecule has 0 amide bonds. The number of benzene rings is 1. The second-order valence-electron chi connectivity index (χ2n) is 6.28. The Kier molecular flexibility index (Phi) is 5.00. The van der Waals surface area contributed by atoms with Crippen LogP contribution in [0.5, 0.6) is 0 Å². The molecule has 0 unspecified atom stereocenters. The van der Waals surface area contributed by atoms with Gasteiger partial charge in [0.2, 0.25) is 0 Å². The van der Waals surface area contributed by atoms with E-state index >= 15 is 0 Å². The Morgan fingerprint density at radius 1 is 1.11 bits per heavy atom. The van der Waals surface area contributed by atoms with E-state index < -0.39 is 5.72 Å². The molecule has 1 fully saturated rings. The molecule has 0 saturated heterocycles. The average Bonchev–Trinajstić information content (AvgIpc) is 2.39. The quantitative estimate of drug-likeness (QED) is 0.813. The van der Waals surface area contributed by atoms with Gasteiger partial charge in [0, 0.05) is 0 Å². The predicted octanol–water partition coefficient (Wildman–Crippen LogP) is 3.99. The van der Waals surface area contributed by atoms with Crippen LogP contribution < -0.4 is 5.73 Å². The fourth-order valence-corrected chi connectivity index (χ4v) is 2.82. The van der Waals surface area contributed by atoms with E-state index in [1.54, 1.807) is 0 Å². The van der Waals surface area contributed by atoms with Gasteiger partial charge in [-0.15, -0.1) is 0 Å². The second kappa shape index (κ2) is 6.53. The van der Waals surface area contributed by atoms with Gasteiger partial charge in [0.05, 0.1) is 6.61 Å². The van der Waals surface area contributed by atoms with Crippen molar-refractivity contribution in [3.8, 4) is 0 Å². The Morgan fingerprint density at radius 3 is 2.32 bits per heavy atom. The van der Waals surface area contributed by atoms with Crippen LogP contribution in [0.3, 0.4) is 0 Å². The first-order valence-corrected chi connectivity index (χ1v) is 7.56. The molecule has 1 aromatic rings. The number of hydrogen-bond acceptors (Lipinski definition) is 2. The molecule has 2 rings (SSSR count). The summed E-state index contributed by atoms with van der Waals surface area (Å²) in [5.41, 5.74) is 8.13. The minimum absolute atomic E-state index is 0.526. The molecule has 19 heavy (non-hydrogen) atoms. The lowest BCUT2D eigenvalue weighted by molar-refractivity contribution is -0.0107. The number of ether oxygens (including phenoxy) is 1. The maximum Gasteiger partial charge on any atom is 0.111 e. The Balaban J connectivity index is 1.84. The molecule has 0 atom stereocenters. The topological polar surface area (TPSA) is 35.2 Å². The summed E-state index contributed by atoms with van der Waals surface area (Å²) >= 11 is 0. The van der Waals surface area contributed by atoms with Crippen molar-refractivity contribution in [2.24, 2.45) is 5.73 Å². The van der Waals surface area contributed by atoms with E-state index in [0.717, 1.165) is 12.3 Å². The first-order valence-electron chi connectivity index (χ1n) is 7.56. The van der Waals surface area contributed by atoms with Crippen molar-refractivity contribution in [2.45, 2.75) is 64.0 Å². The highest BCUT2D eigenvalue weighted by atomic mass is 16.5. The Labute approximate surface area is 117 Å². The predicted molar refractivity (Wildman–Crippen MR) is 80.2 cm³/mol. The van der Waals surface area contributed by atoms with E-state index in [2.05, 4.69) is 24.3 Å². The highest BCUT2D eigenvalue weighted by Gasteiger charge is 2.15. The van der Waals surface area contributed by atoms with Crippen LogP contribution in [-0.4, -0.2) is 12.3 Å². The molecule has 0 spiro atoms. The molecule has 0 radical (unpaired) electrons. The molecular formula is C17H27NO. The molecular weight excluding hydrogens is 234 g/mol. The van der Waals surface area contributed by atoms with Crippen LogP contribution >= 0.6 is 0 Å². The Bertz CT molecular complexity index is 371. The molecule has 0 bridgehead atoms. The fourth-order valence-electron chi connectivity index (χ4n) is 2.82. The number of rotatable bonds is 5. The van der Waals surface area contributed by atoms with E-state index in [1.807, 2.05) is 13.8 Å². The lowest BCUT2D eigenvalue weighted by Gasteiger charge is -2.22. The molecule has 0 heterocycles. The summed E-state index contributed by atoms with van der Waals surface area (Å²) in [6.45, 7) is 4.46. The van der Waals surface area contributed by atoms with Crippen LogP contribution in [0.1, 0.15) is 63.0 Å². The van der Waals surface area contributed by atoms with Crippen molar-refractivity contribution < 1.29 is 4.74 Å². The van der Waals surface area contributed by atoms with Crippen LogP contribution in [0.25, 0.3) is 0 Å². The van der Waals surface area contributed by atoms with Gasteiger partial charge < -0.3 is 10.5 Å². The number of nitrogens with two attached hydrogens (primary N) is 1. The lowest BCUT2D eigenvalue weighted by atomic mass is 9.84. The molecule has 1 saturated carbocycles. The molecule has 2 heteroatoms. The smallest absolute Gasteiger partial charge is 0.111 e. The van der Waals surface area contributed by atoms with Crippen molar-refractivity contribution in [3.63, 3.8) is 0 Å². The molecule has 2 N–H and O–H groups in total. The average molecular weight is 261 g/mol. The zero-order chi connectivity index (χ0) is 13.7. The summed E-state index contributed by atoms with van der Waals surface area (Å²) in [6.07, 6.45) is 7.87. The van der Waals surface area contributed by atoms with Crippen molar-refractivity contribution in [1.29, 1.82) is 0 Å². The van der Waals surface area contributed by atoms with E-state index in [1.165, 1.54) is 43.2 Å². The van der Waals surface area contributed by atoms with E-state index in [-0.39, 0.29) is 0 Å². The number of hydrogen-bond donors (Lipinski definition) is 1. The lowest BCUT2D eigenvalue weighted by Crippen LogP contribution is -2.35. The molecule has 0 aliphatic heterocycles. The molecule has 1 aliphatic carbocycles. The van der Waals surface area contributed by atoms with Crippen molar-refractivity contribution >= 4 is 0 Å². The molecule has 0 aromatic heterocycles. The summed E-state index contributed by atoms with van der Waals surface area (Å²) in [7, 11) is 0. The van der Waals surface area contributed by atoms with Crippen LogP contribution in [0, 0.1) is 0 Å². The first kappa shape index (κ1) is 14.5. The fraction of sp³-hybridized carbons (Fsp3) is 0.647. The summed E-state index contributed by atoms with van der Waals surface area (Å²) in [5, 5.41) is 0. The van der Waals surface area contributed by atoms with Crippen molar-refractivity contribution in [2.75, 3.05) is 6.61 Å². The van der Waals surface area contributed by atoms with Gasteiger partial charge in [-0.2, -0.15) is 0 Å². The van der Waals surface area contributed by atoms with Crippen LogP contribution in [0.15, 0.2) is 24.3 Å². The highest BCUT2D eigenvalue weighted by molar-refractivity contribution is 5.25. The van der Waals surface area contributed by atoms with Gasteiger partial charge in [0.25, 0.3) is 0 Å². The molecule has 2 nitrogen and oxygen atoms in total. The van der Waals surface area contributed by atoms with Crippen LogP contribution in [0.2, 0.25) is 0 Å². The summed E-state index contributed by atoms with van der Waals surface area (Å²) in [6, 6.07) is 9.10. The minimum Gasteiger partial charge on any atom is -0.361 e. The summed E-state index contributed by atoms with van der Waals surface area (Å²) in [4.78, 5) is 0. The van der Waals surface area contributed by atoms with Gasteiger partial charge in [-0.25, -0.2) is 0 Å². The van der Waals surface area contributed by atoms with E-state index in [0.29, 0.717) is 6.61 Å². The standard InChI is InChI=1S/C17H27NO/c1-17(2,18)19-13-12-14-8-10-16(11-9-14)15-6-4-3-5-7-15/h8-11,15H,3-7,12-13,18H2,1-2H3. The maximum absolute atomic E-state index is 5.80. The van der Waals surface area contributed by atoms with Gasteiger partial charge in [0.1, 0.15) is 5.72 Å². The van der Waals surface area contributed by atoms with Gasteiger partial charge >= 0.3 is 0 Å². The SMILES string of the molecule is CC(C)(N)OCCc1ccc(C2CCCCC2)cc1. The third-order valence-electron chi connectivity index (χ3n) is 3.92. The van der Waals surface area contributed by atoms with Gasteiger partial charge in [-0.3, -0.25) is 0 Å². The van der Waals surface area contributed by atoms with Crippen molar-refractivity contribution in [3.05, 3.63) is 35.4 Å². The Morgan fingerprint density at radius 2 is 1.74 bits per heavy atom. The third-order valence-corrected chi connectivity index (χ3v) is 3.92. The molecule has 1 aromatic carbocycles. The highest BCUT2D eigenvalue weighted by Crippen LogP contribution is 2.32. The zero-order valence-electron chi connectivity index (χ0n) is 12.3. The normalized spacial score (nSPS) is 17.6.